The van der Waals surface area contributed by atoms with Crippen molar-refractivity contribution in [3.63, 3.8) is 0 Å². The van der Waals surface area contributed by atoms with Crippen LogP contribution in [0, 0.1) is 6.92 Å². The van der Waals surface area contributed by atoms with Crippen molar-refractivity contribution in [3.05, 3.63) is 35.4 Å². The van der Waals surface area contributed by atoms with Crippen molar-refractivity contribution in [2.24, 2.45) is 0 Å². The van der Waals surface area contributed by atoms with Gasteiger partial charge in [-0.25, -0.2) is 9.59 Å². The third-order valence-corrected chi connectivity index (χ3v) is 2.41. The molecule has 0 radical (unpaired) electrons. The fourth-order valence-corrected chi connectivity index (χ4v) is 1.59. The molecule has 20 heavy (non-hydrogen) atoms. The van der Waals surface area contributed by atoms with E-state index >= 15 is 0 Å². The number of carboxylic acids is 1. The number of anilines is 1. The summed E-state index contributed by atoms with van der Waals surface area (Å²) < 4.78 is 0. The lowest BCUT2D eigenvalue weighted by atomic mass is 10.1. The molecule has 0 saturated carbocycles. The van der Waals surface area contributed by atoms with E-state index in [1.54, 1.807) is 12.1 Å². The van der Waals surface area contributed by atoms with Crippen molar-refractivity contribution < 1.29 is 14.7 Å². The number of carbonyl (C=O) groups excluding carboxylic acids is 1. The van der Waals surface area contributed by atoms with E-state index in [0.29, 0.717) is 5.69 Å². The Hall–Kier alpha value is -2.30. The number of aryl methyl sites for hydroxylation is 1. The number of benzene rings is 1. The predicted octanol–water partition coefficient (Wildman–Crippen LogP) is 3.01. The first kappa shape index (κ1) is 15.8. The molecule has 0 saturated heterocycles. The summed E-state index contributed by atoms with van der Waals surface area (Å²) in [6.07, 6.45) is 2.59. The highest BCUT2D eigenvalue weighted by Crippen LogP contribution is 2.17. The van der Waals surface area contributed by atoms with Gasteiger partial charge in [-0.15, -0.1) is 0 Å². The Morgan fingerprint density at radius 1 is 1.25 bits per heavy atom. The molecule has 5 heteroatoms. The normalized spacial score (nSPS) is 11.4. The Morgan fingerprint density at radius 2 is 1.90 bits per heavy atom. The SMILES string of the molecule is Cc1cc(C=CC(=O)O)ccc1NC(=O)NC(C)(C)C. The second-order valence-corrected chi connectivity index (χ2v) is 5.58. The molecule has 0 unspecified atom stereocenters. The molecule has 0 aliphatic heterocycles. The summed E-state index contributed by atoms with van der Waals surface area (Å²) in [5.41, 5.74) is 2.02. The van der Waals surface area contributed by atoms with Crippen LogP contribution < -0.4 is 10.6 Å². The molecule has 0 fully saturated rings. The Morgan fingerprint density at radius 3 is 2.40 bits per heavy atom. The zero-order valence-corrected chi connectivity index (χ0v) is 12.2. The number of hydrogen-bond donors (Lipinski definition) is 3. The third-order valence-electron chi connectivity index (χ3n) is 2.41. The molecule has 0 atom stereocenters. The Bertz CT molecular complexity index is 543. The topological polar surface area (TPSA) is 78.4 Å². The summed E-state index contributed by atoms with van der Waals surface area (Å²) >= 11 is 0. The van der Waals surface area contributed by atoms with E-state index in [4.69, 9.17) is 5.11 Å². The Balaban J connectivity index is 2.78. The van der Waals surface area contributed by atoms with E-state index in [1.807, 2.05) is 33.8 Å². The van der Waals surface area contributed by atoms with Crippen molar-refractivity contribution in [2.45, 2.75) is 33.2 Å². The van der Waals surface area contributed by atoms with Crippen LogP contribution in [0.4, 0.5) is 10.5 Å². The molecular weight excluding hydrogens is 256 g/mol. The van der Waals surface area contributed by atoms with Gasteiger partial charge in [0.1, 0.15) is 0 Å². The molecule has 3 N–H and O–H groups in total. The van der Waals surface area contributed by atoms with Crippen LogP contribution in [0.3, 0.4) is 0 Å². The molecule has 1 aromatic carbocycles. The third kappa shape index (κ3) is 5.56. The lowest BCUT2D eigenvalue weighted by molar-refractivity contribution is -0.131. The van der Waals surface area contributed by atoms with Crippen LogP contribution in [-0.2, 0) is 4.79 Å². The second kappa shape index (κ2) is 6.23. The van der Waals surface area contributed by atoms with E-state index in [2.05, 4.69) is 10.6 Å². The van der Waals surface area contributed by atoms with Gasteiger partial charge in [-0.1, -0.05) is 6.07 Å². The van der Waals surface area contributed by atoms with Gasteiger partial charge in [0.05, 0.1) is 0 Å². The largest absolute Gasteiger partial charge is 0.478 e. The van der Waals surface area contributed by atoms with Crippen LogP contribution in [0.15, 0.2) is 24.3 Å². The number of hydrogen-bond acceptors (Lipinski definition) is 2. The molecule has 1 aromatic rings. The first-order valence-corrected chi connectivity index (χ1v) is 6.28. The lowest BCUT2D eigenvalue weighted by Gasteiger charge is -2.21. The second-order valence-electron chi connectivity index (χ2n) is 5.58. The molecule has 0 heterocycles. The van der Waals surface area contributed by atoms with Crippen LogP contribution in [0.2, 0.25) is 0 Å². The number of nitrogens with one attached hydrogen (secondary N) is 2. The van der Waals surface area contributed by atoms with Gasteiger partial charge in [-0.05, 0) is 57.0 Å². The minimum absolute atomic E-state index is 0.269. The molecule has 0 aromatic heterocycles. The van der Waals surface area contributed by atoms with Crippen LogP contribution in [0.1, 0.15) is 31.9 Å². The van der Waals surface area contributed by atoms with Gasteiger partial charge in [0.25, 0.3) is 0 Å². The first-order valence-electron chi connectivity index (χ1n) is 6.28. The zero-order valence-electron chi connectivity index (χ0n) is 12.2. The summed E-state index contributed by atoms with van der Waals surface area (Å²) in [7, 11) is 0. The number of rotatable bonds is 3. The fraction of sp³-hybridized carbons (Fsp3) is 0.333. The Labute approximate surface area is 118 Å². The molecule has 2 amide bonds. The van der Waals surface area contributed by atoms with Crippen LogP contribution in [0.5, 0.6) is 0 Å². The maximum atomic E-state index is 11.8. The van der Waals surface area contributed by atoms with Gasteiger partial charge in [-0.2, -0.15) is 0 Å². The highest BCUT2D eigenvalue weighted by atomic mass is 16.4. The van der Waals surface area contributed by atoms with Crippen molar-refractivity contribution in [2.75, 3.05) is 5.32 Å². The van der Waals surface area contributed by atoms with Crippen molar-refractivity contribution >= 4 is 23.8 Å². The molecule has 5 nitrogen and oxygen atoms in total. The zero-order chi connectivity index (χ0) is 15.3. The Kier molecular flexibility index (Phi) is 4.91. The average molecular weight is 276 g/mol. The van der Waals surface area contributed by atoms with E-state index in [1.165, 1.54) is 6.08 Å². The van der Waals surface area contributed by atoms with Crippen molar-refractivity contribution in [3.8, 4) is 0 Å². The smallest absolute Gasteiger partial charge is 0.328 e. The number of amides is 2. The predicted molar refractivity (Wildman–Crippen MR) is 79.8 cm³/mol. The first-order chi connectivity index (χ1) is 9.17. The molecule has 0 spiro atoms. The van der Waals surface area contributed by atoms with Gasteiger partial charge in [0.2, 0.25) is 0 Å². The van der Waals surface area contributed by atoms with Crippen LogP contribution in [-0.4, -0.2) is 22.6 Å². The molecule has 0 aliphatic carbocycles. The summed E-state index contributed by atoms with van der Waals surface area (Å²) in [5, 5.41) is 14.1. The molecule has 108 valence electrons. The fourth-order valence-electron chi connectivity index (χ4n) is 1.59. The minimum Gasteiger partial charge on any atom is -0.478 e. The van der Waals surface area contributed by atoms with E-state index in [9.17, 15) is 9.59 Å². The summed E-state index contributed by atoms with van der Waals surface area (Å²) in [6.45, 7) is 7.56. The van der Waals surface area contributed by atoms with Gasteiger partial charge < -0.3 is 15.7 Å². The van der Waals surface area contributed by atoms with E-state index in [-0.39, 0.29) is 11.6 Å². The highest BCUT2D eigenvalue weighted by molar-refractivity contribution is 5.91. The number of carboxylic acid groups (broad SMARTS) is 1. The minimum atomic E-state index is -0.991. The van der Waals surface area contributed by atoms with Gasteiger partial charge in [0, 0.05) is 17.3 Å². The number of aliphatic carboxylic acids is 1. The van der Waals surface area contributed by atoms with Crippen molar-refractivity contribution in [1.82, 2.24) is 5.32 Å². The molecule has 0 aliphatic rings. The van der Waals surface area contributed by atoms with Gasteiger partial charge >= 0.3 is 12.0 Å². The maximum Gasteiger partial charge on any atom is 0.328 e. The number of urea groups is 1. The van der Waals surface area contributed by atoms with E-state index in [0.717, 1.165) is 17.2 Å². The average Bonchev–Trinajstić information content (AvgIpc) is 2.27. The van der Waals surface area contributed by atoms with E-state index < -0.39 is 5.97 Å². The van der Waals surface area contributed by atoms with Gasteiger partial charge in [0.15, 0.2) is 0 Å². The summed E-state index contributed by atoms with van der Waals surface area (Å²) in [5.74, 6) is -0.991. The summed E-state index contributed by atoms with van der Waals surface area (Å²) in [4.78, 5) is 22.2. The summed E-state index contributed by atoms with van der Waals surface area (Å²) in [6, 6.07) is 5.04. The van der Waals surface area contributed by atoms with Crippen molar-refractivity contribution in [1.29, 1.82) is 0 Å². The quantitative estimate of drug-likeness (QED) is 0.742. The molecule has 0 bridgehead atoms. The maximum absolute atomic E-state index is 11.8. The monoisotopic (exact) mass is 276 g/mol. The van der Waals surface area contributed by atoms with Gasteiger partial charge in [-0.3, -0.25) is 0 Å². The van der Waals surface area contributed by atoms with Crippen LogP contribution >= 0.6 is 0 Å². The van der Waals surface area contributed by atoms with Crippen LogP contribution in [0.25, 0.3) is 6.08 Å². The highest BCUT2D eigenvalue weighted by Gasteiger charge is 2.14. The lowest BCUT2D eigenvalue weighted by Crippen LogP contribution is -2.43. The molecular formula is C15H20N2O3. The molecule has 1 rings (SSSR count). The standard InChI is InChI=1S/C15H20N2O3/c1-10-9-11(6-8-13(18)19)5-7-12(10)16-14(20)17-15(2,3)4/h5-9H,1-4H3,(H,18,19)(H2,16,17,20). The number of carbonyl (C=O) groups is 2.